The van der Waals surface area contributed by atoms with Crippen LogP contribution in [0.15, 0.2) is 42.6 Å². The molecular formula is C21H24FN3O3. The number of nitrogens with one attached hydrogen (secondary N) is 1. The Balaban J connectivity index is 1.61. The fourth-order valence-corrected chi connectivity index (χ4v) is 3.35. The van der Waals surface area contributed by atoms with Crippen molar-refractivity contribution in [3.05, 3.63) is 59.5 Å². The Kier molecular flexibility index (Phi) is 6.57. The van der Waals surface area contributed by atoms with E-state index in [4.69, 9.17) is 0 Å². The number of benzene rings is 1. The van der Waals surface area contributed by atoms with E-state index in [1.54, 1.807) is 6.07 Å². The molecule has 1 unspecified atom stereocenters. The van der Waals surface area contributed by atoms with Gasteiger partial charge in [0.05, 0.1) is 11.5 Å². The van der Waals surface area contributed by atoms with Gasteiger partial charge in [0, 0.05) is 25.8 Å². The highest BCUT2D eigenvalue weighted by molar-refractivity contribution is 5.94. The van der Waals surface area contributed by atoms with E-state index in [0.29, 0.717) is 11.1 Å². The average molecular weight is 385 g/mol. The van der Waals surface area contributed by atoms with Gasteiger partial charge in [0.2, 0.25) is 0 Å². The summed E-state index contributed by atoms with van der Waals surface area (Å²) < 4.78 is 13.0. The van der Waals surface area contributed by atoms with Crippen molar-refractivity contribution < 1.29 is 19.1 Å². The van der Waals surface area contributed by atoms with Gasteiger partial charge in [-0.1, -0.05) is 25.0 Å². The lowest BCUT2D eigenvalue weighted by Crippen LogP contribution is -2.32. The van der Waals surface area contributed by atoms with Gasteiger partial charge in [-0.3, -0.25) is 9.59 Å². The third-order valence-electron chi connectivity index (χ3n) is 4.98. The number of aliphatic carboxylic acids is 1. The highest BCUT2D eigenvalue weighted by atomic mass is 19.1. The summed E-state index contributed by atoms with van der Waals surface area (Å²) >= 11 is 0. The standard InChI is InChI=1S/C21H24FN3O3/c22-17-8-5-15(6-9-17)18(21(27)28)14-24-20(26)16-7-10-19(23-13-16)25-11-3-1-2-4-12-25/h5-10,13,18H,1-4,11-12,14H2,(H,24,26)(H,27,28). The first kappa shape index (κ1) is 19.8. The molecule has 1 atom stereocenters. The molecule has 1 amide bonds. The highest BCUT2D eigenvalue weighted by Crippen LogP contribution is 2.18. The number of pyridine rings is 1. The minimum atomic E-state index is -1.08. The summed E-state index contributed by atoms with van der Waals surface area (Å²) in [6.45, 7) is 1.85. The van der Waals surface area contributed by atoms with E-state index in [1.807, 2.05) is 6.07 Å². The van der Waals surface area contributed by atoms with Crippen molar-refractivity contribution in [2.75, 3.05) is 24.5 Å². The molecule has 0 radical (unpaired) electrons. The summed E-state index contributed by atoms with van der Waals surface area (Å²) in [5, 5.41) is 12.1. The van der Waals surface area contributed by atoms with Crippen LogP contribution in [0.5, 0.6) is 0 Å². The molecule has 0 spiro atoms. The summed E-state index contributed by atoms with van der Waals surface area (Å²) in [5.41, 5.74) is 0.811. The van der Waals surface area contributed by atoms with Crippen molar-refractivity contribution in [2.45, 2.75) is 31.6 Å². The predicted molar refractivity (Wildman–Crippen MR) is 104 cm³/mol. The summed E-state index contributed by atoms with van der Waals surface area (Å²) in [6, 6.07) is 8.78. The number of hydrogen-bond acceptors (Lipinski definition) is 4. The lowest BCUT2D eigenvalue weighted by molar-refractivity contribution is -0.138. The van der Waals surface area contributed by atoms with Crippen LogP contribution in [-0.4, -0.2) is 41.6 Å². The summed E-state index contributed by atoms with van der Waals surface area (Å²) in [7, 11) is 0. The van der Waals surface area contributed by atoms with Crippen LogP contribution in [0.3, 0.4) is 0 Å². The normalized spacial score (nSPS) is 15.5. The zero-order chi connectivity index (χ0) is 19.9. The maximum Gasteiger partial charge on any atom is 0.312 e. The van der Waals surface area contributed by atoms with Gasteiger partial charge in [-0.15, -0.1) is 0 Å². The number of aromatic nitrogens is 1. The molecule has 2 aromatic rings. The minimum absolute atomic E-state index is 0.0896. The van der Waals surface area contributed by atoms with Gasteiger partial charge in [-0.2, -0.15) is 0 Å². The van der Waals surface area contributed by atoms with Crippen molar-refractivity contribution in [1.82, 2.24) is 10.3 Å². The Labute approximate surface area is 163 Å². The quantitative estimate of drug-likeness (QED) is 0.798. The van der Waals surface area contributed by atoms with Gasteiger partial charge in [0.15, 0.2) is 0 Å². The number of carbonyl (C=O) groups is 2. The van der Waals surface area contributed by atoms with E-state index in [1.165, 1.54) is 43.3 Å². The first-order chi connectivity index (χ1) is 13.5. The number of anilines is 1. The molecular weight excluding hydrogens is 361 g/mol. The van der Waals surface area contributed by atoms with Gasteiger partial charge in [-0.25, -0.2) is 9.37 Å². The van der Waals surface area contributed by atoms with Crippen LogP contribution in [0.25, 0.3) is 0 Å². The molecule has 28 heavy (non-hydrogen) atoms. The monoisotopic (exact) mass is 385 g/mol. The van der Waals surface area contributed by atoms with E-state index >= 15 is 0 Å². The number of carboxylic acid groups (broad SMARTS) is 1. The van der Waals surface area contributed by atoms with Crippen LogP contribution < -0.4 is 10.2 Å². The lowest BCUT2D eigenvalue weighted by Gasteiger charge is -2.21. The summed E-state index contributed by atoms with van der Waals surface area (Å²) in [6.07, 6.45) is 6.27. The Morgan fingerprint density at radius 3 is 2.32 bits per heavy atom. The van der Waals surface area contributed by atoms with E-state index < -0.39 is 17.7 Å². The fourth-order valence-electron chi connectivity index (χ4n) is 3.35. The van der Waals surface area contributed by atoms with Crippen molar-refractivity contribution in [3.8, 4) is 0 Å². The highest BCUT2D eigenvalue weighted by Gasteiger charge is 2.21. The van der Waals surface area contributed by atoms with Crippen LogP contribution >= 0.6 is 0 Å². The molecule has 148 valence electrons. The molecule has 1 aliphatic rings. The third kappa shape index (κ3) is 5.06. The molecule has 0 aliphatic carbocycles. The van der Waals surface area contributed by atoms with E-state index in [0.717, 1.165) is 31.7 Å². The zero-order valence-electron chi connectivity index (χ0n) is 15.6. The van der Waals surface area contributed by atoms with Crippen molar-refractivity contribution in [2.24, 2.45) is 0 Å². The maximum atomic E-state index is 13.0. The van der Waals surface area contributed by atoms with Gasteiger partial charge in [0.1, 0.15) is 11.6 Å². The second kappa shape index (κ2) is 9.30. The maximum absolute atomic E-state index is 13.0. The van der Waals surface area contributed by atoms with Crippen molar-refractivity contribution >= 4 is 17.7 Å². The van der Waals surface area contributed by atoms with Crippen LogP contribution in [0.2, 0.25) is 0 Å². The number of amides is 1. The fraction of sp³-hybridized carbons (Fsp3) is 0.381. The number of carboxylic acids is 1. The number of hydrogen-bond donors (Lipinski definition) is 2. The molecule has 7 heteroatoms. The smallest absolute Gasteiger partial charge is 0.312 e. The van der Waals surface area contributed by atoms with Crippen LogP contribution in [0, 0.1) is 5.82 Å². The molecule has 6 nitrogen and oxygen atoms in total. The molecule has 2 heterocycles. The molecule has 1 aromatic heterocycles. The number of rotatable bonds is 6. The SMILES string of the molecule is O=C(NCC(C(=O)O)c1ccc(F)cc1)c1ccc(N2CCCCCC2)nc1. The van der Waals surface area contributed by atoms with Gasteiger partial charge in [-0.05, 0) is 42.7 Å². The number of nitrogens with zero attached hydrogens (tertiary/aromatic N) is 2. The minimum Gasteiger partial charge on any atom is -0.481 e. The van der Waals surface area contributed by atoms with E-state index in [9.17, 15) is 19.1 Å². The molecule has 0 bridgehead atoms. The third-order valence-corrected chi connectivity index (χ3v) is 4.98. The molecule has 1 fully saturated rings. The largest absolute Gasteiger partial charge is 0.481 e. The molecule has 1 saturated heterocycles. The molecule has 3 rings (SSSR count). The molecule has 2 N–H and O–H groups in total. The molecule has 1 aliphatic heterocycles. The van der Waals surface area contributed by atoms with Gasteiger partial charge < -0.3 is 15.3 Å². The van der Waals surface area contributed by atoms with Gasteiger partial charge in [0.25, 0.3) is 5.91 Å². The van der Waals surface area contributed by atoms with Crippen LogP contribution in [-0.2, 0) is 4.79 Å². The summed E-state index contributed by atoms with van der Waals surface area (Å²) in [5.74, 6) is -2.00. The van der Waals surface area contributed by atoms with E-state index in [2.05, 4.69) is 15.2 Å². The van der Waals surface area contributed by atoms with Crippen LogP contribution in [0.4, 0.5) is 10.2 Å². The van der Waals surface area contributed by atoms with Gasteiger partial charge >= 0.3 is 5.97 Å². The Morgan fingerprint density at radius 2 is 1.75 bits per heavy atom. The molecule has 1 aromatic carbocycles. The Bertz CT molecular complexity index is 801. The van der Waals surface area contributed by atoms with Crippen molar-refractivity contribution in [1.29, 1.82) is 0 Å². The zero-order valence-corrected chi connectivity index (χ0v) is 15.6. The topological polar surface area (TPSA) is 82.5 Å². The Hall–Kier alpha value is -2.96. The van der Waals surface area contributed by atoms with E-state index in [-0.39, 0.29) is 12.5 Å². The first-order valence-electron chi connectivity index (χ1n) is 9.52. The second-order valence-electron chi connectivity index (χ2n) is 6.96. The lowest BCUT2D eigenvalue weighted by atomic mass is 9.99. The predicted octanol–water partition coefficient (Wildman–Crippen LogP) is 3.20. The van der Waals surface area contributed by atoms with Crippen molar-refractivity contribution in [3.63, 3.8) is 0 Å². The number of carbonyl (C=O) groups excluding carboxylic acids is 1. The number of halogens is 1. The first-order valence-corrected chi connectivity index (χ1v) is 9.52. The van der Waals surface area contributed by atoms with Crippen LogP contribution in [0.1, 0.15) is 47.5 Å². The average Bonchev–Trinajstić information content (AvgIpc) is 2.99. The Morgan fingerprint density at radius 1 is 1.07 bits per heavy atom. The summed E-state index contributed by atoms with van der Waals surface area (Å²) in [4.78, 5) is 30.5. The second-order valence-corrected chi connectivity index (χ2v) is 6.96. The molecule has 0 saturated carbocycles.